The van der Waals surface area contributed by atoms with Gasteiger partial charge in [0.1, 0.15) is 33.8 Å². The number of thiazole rings is 1. The molecule has 1 N–H and O–H groups in total. The smallest absolute Gasteiger partial charge is 0.332 e. The number of allylic oxidation sites excluding steroid dienone is 1. The predicted molar refractivity (Wildman–Crippen MR) is 196 cm³/mol. The molecule has 0 radical (unpaired) electrons. The van der Waals surface area contributed by atoms with Crippen LogP contribution in [0.5, 0.6) is 11.5 Å². The molecule has 5 rings (SSSR count). The molecule has 5 atom stereocenters. The van der Waals surface area contributed by atoms with Crippen LogP contribution in [0.25, 0.3) is 21.6 Å². The van der Waals surface area contributed by atoms with Crippen LogP contribution in [0.15, 0.2) is 48.9 Å². The van der Waals surface area contributed by atoms with Gasteiger partial charge in [-0.1, -0.05) is 26.0 Å². The van der Waals surface area contributed by atoms with Crippen molar-refractivity contribution in [1.82, 2.24) is 20.2 Å². The molecule has 2 aliphatic rings. The summed E-state index contributed by atoms with van der Waals surface area (Å²) in [6, 6.07) is 5.73. The topological polar surface area (TPSA) is 120 Å². The van der Waals surface area contributed by atoms with E-state index in [-0.39, 0.29) is 30.3 Å². The van der Waals surface area contributed by atoms with Gasteiger partial charge in [-0.2, -0.15) is 0 Å². The molecule has 2 aliphatic carbocycles. The second kappa shape index (κ2) is 15.7. The molecule has 11 heteroatoms. The molecule has 2 aromatic heterocycles. The Morgan fingerprint density at radius 3 is 2.54 bits per heavy atom. The molecule has 3 aromatic rings. The number of hydrogen-bond donors (Lipinski definition) is 1. The maximum atomic E-state index is 14.1. The monoisotopic (exact) mass is 702 g/mol. The highest BCUT2D eigenvalue weighted by Crippen LogP contribution is 2.47. The summed E-state index contributed by atoms with van der Waals surface area (Å²) < 4.78 is 17.8. The number of nitrogens with one attached hydrogen (secondary N) is 1. The van der Waals surface area contributed by atoms with Gasteiger partial charge in [0, 0.05) is 41.9 Å². The highest BCUT2D eigenvalue weighted by Gasteiger charge is 2.62. The van der Waals surface area contributed by atoms with Gasteiger partial charge in [-0.25, -0.2) is 14.8 Å². The van der Waals surface area contributed by atoms with E-state index in [1.807, 2.05) is 31.2 Å². The lowest BCUT2D eigenvalue weighted by atomic mass is 9.93. The number of aryl methyl sites for hydroxylation is 1. The number of pyridine rings is 1. The van der Waals surface area contributed by atoms with Crippen molar-refractivity contribution in [3.05, 3.63) is 60.1 Å². The number of aromatic nitrogens is 2. The van der Waals surface area contributed by atoms with Crippen LogP contribution < -0.4 is 14.8 Å². The molecular weight excluding hydrogens is 653 g/mol. The zero-order chi connectivity index (χ0) is 36.2. The number of rotatable bonds is 16. The maximum absolute atomic E-state index is 14.1. The van der Waals surface area contributed by atoms with E-state index in [0.29, 0.717) is 43.0 Å². The molecular formula is C39H50N4O6S. The van der Waals surface area contributed by atoms with E-state index >= 15 is 0 Å². The Balaban J connectivity index is 1.47. The van der Waals surface area contributed by atoms with Gasteiger partial charge >= 0.3 is 5.97 Å². The third kappa shape index (κ3) is 7.57. The van der Waals surface area contributed by atoms with Gasteiger partial charge in [0.15, 0.2) is 0 Å². The van der Waals surface area contributed by atoms with Gasteiger partial charge < -0.3 is 24.4 Å². The Morgan fingerprint density at radius 1 is 1.14 bits per heavy atom. The lowest BCUT2D eigenvalue weighted by molar-refractivity contribution is -0.150. The zero-order valence-electron chi connectivity index (χ0n) is 30.1. The summed E-state index contributed by atoms with van der Waals surface area (Å²) >= 11 is 1.53. The quantitative estimate of drug-likeness (QED) is 0.0962. The fraction of sp³-hybridized carbons (Fsp3) is 0.513. The van der Waals surface area contributed by atoms with Crippen molar-refractivity contribution >= 4 is 40.0 Å². The number of methoxy groups -OCH3 is 1. The summed E-state index contributed by atoms with van der Waals surface area (Å²) in [6.07, 6.45) is 6.78. The number of unbranched alkanes of at least 4 members (excludes halogenated alkanes) is 2. The number of hydrogen-bond acceptors (Lipinski definition) is 9. The van der Waals surface area contributed by atoms with Crippen molar-refractivity contribution in [2.45, 2.75) is 83.8 Å². The van der Waals surface area contributed by atoms with Gasteiger partial charge in [0.05, 0.1) is 36.8 Å². The molecule has 2 heterocycles. The number of ether oxygens (including phenoxy) is 3. The summed E-state index contributed by atoms with van der Waals surface area (Å²) in [5, 5.41) is 6.63. The first-order chi connectivity index (χ1) is 24.0. The van der Waals surface area contributed by atoms with Crippen molar-refractivity contribution in [3.8, 4) is 22.2 Å². The van der Waals surface area contributed by atoms with Crippen LogP contribution in [0.3, 0.4) is 0 Å². The summed E-state index contributed by atoms with van der Waals surface area (Å²) in [6.45, 7) is 16.3. The standard InChI is InChI=1S/C39H50N4O6S/c1-9-12-13-14-17-43(7)37(45)29-19-26(18-28(29)35(44)42-39(21-25(39)10-2)38(46)48-11-3)49-33-20-30(36-41-31(22-50-36)23(4)5)40-34-24(6)32(47-8)16-15-27(33)34/h9-10,15-16,20,22-23,25-26,28-29H,1-2,11-14,17-19,21H2,3-8H3,(H,42,44)/t25-,26-,28?,29-,39-/m1/s1. The Morgan fingerprint density at radius 2 is 1.90 bits per heavy atom. The second-order valence-electron chi connectivity index (χ2n) is 13.7. The summed E-state index contributed by atoms with van der Waals surface area (Å²) in [5.74, 6) is -0.923. The van der Waals surface area contributed by atoms with E-state index in [0.717, 1.165) is 46.4 Å². The van der Waals surface area contributed by atoms with Crippen LogP contribution in [-0.4, -0.2) is 71.6 Å². The number of esters is 1. The molecule has 0 bridgehead atoms. The minimum atomic E-state index is -1.16. The fourth-order valence-electron chi connectivity index (χ4n) is 6.91. The number of carbonyl (C=O) groups is 3. The van der Waals surface area contributed by atoms with E-state index < -0.39 is 29.4 Å². The lowest BCUT2D eigenvalue weighted by Gasteiger charge is -2.26. The van der Waals surface area contributed by atoms with Crippen LogP contribution >= 0.6 is 11.3 Å². The van der Waals surface area contributed by atoms with E-state index in [9.17, 15) is 14.4 Å². The second-order valence-corrected chi connectivity index (χ2v) is 14.6. The third-order valence-corrected chi connectivity index (χ3v) is 10.9. The molecule has 2 amide bonds. The third-order valence-electron chi connectivity index (χ3n) is 9.98. The Labute approximate surface area is 299 Å². The van der Waals surface area contributed by atoms with Gasteiger partial charge in [0.2, 0.25) is 11.8 Å². The van der Waals surface area contributed by atoms with Gasteiger partial charge in [-0.3, -0.25) is 9.59 Å². The number of benzene rings is 1. The van der Waals surface area contributed by atoms with Crippen LogP contribution in [0.1, 0.15) is 76.5 Å². The van der Waals surface area contributed by atoms with Crippen LogP contribution in [0.4, 0.5) is 0 Å². The molecule has 2 saturated carbocycles. The Kier molecular flexibility index (Phi) is 11.7. The molecule has 0 aliphatic heterocycles. The molecule has 1 unspecified atom stereocenters. The Bertz CT molecular complexity index is 1750. The number of nitrogens with zero attached hydrogens (tertiary/aromatic N) is 3. The SMILES string of the molecule is C=CCCCCN(C)C(=O)[C@@H]1C[C@H](Oc2cc(-c3nc(C(C)C)cs3)nc3c(C)c(OC)ccc23)CC1C(=O)N[C@]1(C(=O)OCC)C[C@H]1C=C. The maximum Gasteiger partial charge on any atom is 0.332 e. The molecule has 2 fully saturated rings. The highest BCUT2D eigenvalue weighted by molar-refractivity contribution is 7.13. The number of carbonyl (C=O) groups excluding carboxylic acids is 3. The van der Waals surface area contributed by atoms with E-state index in [4.69, 9.17) is 24.2 Å². The van der Waals surface area contributed by atoms with Crippen molar-refractivity contribution in [2.24, 2.45) is 17.8 Å². The number of amides is 2. The number of fused-ring (bicyclic) bond motifs is 1. The van der Waals surface area contributed by atoms with Crippen molar-refractivity contribution in [2.75, 3.05) is 27.3 Å². The summed E-state index contributed by atoms with van der Waals surface area (Å²) in [7, 11) is 3.42. The lowest BCUT2D eigenvalue weighted by Crippen LogP contribution is -2.50. The van der Waals surface area contributed by atoms with Gasteiger partial charge in [0.25, 0.3) is 0 Å². The van der Waals surface area contributed by atoms with Crippen LogP contribution in [-0.2, 0) is 19.1 Å². The van der Waals surface area contributed by atoms with E-state index in [1.54, 1.807) is 32.1 Å². The van der Waals surface area contributed by atoms with Gasteiger partial charge in [-0.15, -0.1) is 24.5 Å². The normalized spacial score (nSPS) is 22.6. The average Bonchev–Trinajstić information content (AvgIpc) is 3.39. The predicted octanol–water partition coefficient (Wildman–Crippen LogP) is 7.01. The Hall–Kier alpha value is -4.25. The average molecular weight is 703 g/mol. The first-order valence-electron chi connectivity index (χ1n) is 17.6. The van der Waals surface area contributed by atoms with E-state index in [2.05, 4.69) is 37.7 Å². The fourth-order valence-corrected chi connectivity index (χ4v) is 7.85. The molecule has 50 heavy (non-hydrogen) atoms. The molecule has 10 nitrogen and oxygen atoms in total. The van der Waals surface area contributed by atoms with Gasteiger partial charge in [-0.05, 0) is 70.4 Å². The first-order valence-corrected chi connectivity index (χ1v) is 18.4. The molecule has 0 saturated heterocycles. The van der Waals surface area contributed by atoms with Crippen LogP contribution in [0, 0.1) is 24.7 Å². The zero-order valence-corrected chi connectivity index (χ0v) is 30.9. The van der Waals surface area contributed by atoms with Crippen LogP contribution in [0.2, 0.25) is 0 Å². The van der Waals surface area contributed by atoms with Crippen molar-refractivity contribution in [1.29, 1.82) is 0 Å². The minimum absolute atomic E-state index is 0.110. The molecule has 268 valence electrons. The summed E-state index contributed by atoms with van der Waals surface area (Å²) in [4.78, 5) is 52.7. The molecule has 0 spiro atoms. The van der Waals surface area contributed by atoms with E-state index in [1.165, 1.54) is 11.3 Å². The summed E-state index contributed by atoms with van der Waals surface area (Å²) in [5.41, 5.74) is 2.12. The highest BCUT2D eigenvalue weighted by atomic mass is 32.1. The van der Waals surface area contributed by atoms with Crippen molar-refractivity contribution in [3.63, 3.8) is 0 Å². The largest absolute Gasteiger partial charge is 0.496 e. The first kappa shape index (κ1) is 37.0. The van der Waals surface area contributed by atoms with Crippen molar-refractivity contribution < 1.29 is 28.6 Å². The molecule has 1 aromatic carbocycles. The minimum Gasteiger partial charge on any atom is -0.496 e.